The highest BCUT2D eigenvalue weighted by atomic mass is 79.9. The second-order valence-electron chi connectivity index (χ2n) is 2.91. The summed E-state index contributed by atoms with van der Waals surface area (Å²) in [7, 11) is 0. The van der Waals surface area contributed by atoms with E-state index in [1.54, 1.807) is 0 Å². The number of phenolic OH excluding ortho intramolecular Hbond substituents is 1. The minimum Gasteiger partial charge on any atom is -0.506 e. The maximum absolute atomic E-state index is 9.59. The number of nitrogens with two attached hydrogens (primary N) is 1. The van der Waals surface area contributed by atoms with Crippen molar-refractivity contribution in [2.45, 2.75) is 20.4 Å². The lowest BCUT2D eigenvalue weighted by Crippen LogP contribution is -2.02. The van der Waals surface area contributed by atoms with Crippen LogP contribution in [0.25, 0.3) is 0 Å². The zero-order chi connectivity index (χ0) is 10.2. The maximum Gasteiger partial charge on any atom is 0.140 e. The molecule has 0 radical (unpaired) electrons. The van der Waals surface area contributed by atoms with Gasteiger partial charge in [-0.15, -0.1) is 17.0 Å². The maximum atomic E-state index is 9.59. The first-order chi connectivity index (χ1) is 6.00. The van der Waals surface area contributed by atoms with Gasteiger partial charge in [0.15, 0.2) is 0 Å². The molecule has 0 atom stereocenters. The summed E-state index contributed by atoms with van der Waals surface area (Å²) in [6.07, 6.45) is 0. The Hall–Kier alpha value is 0.0400. The predicted molar refractivity (Wildman–Crippen MR) is 65.8 cm³/mol. The fourth-order valence-electron chi connectivity index (χ4n) is 1.22. The molecule has 0 saturated carbocycles. The van der Waals surface area contributed by atoms with Gasteiger partial charge in [0.05, 0.1) is 5.02 Å². The lowest BCUT2D eigenvalue weighted by molar-refractivity contribution is 0.468. The van der Waals surface area contributed by atoms with E-state index in [0.717, 1.165) is 11.1 Å². The van der Waals surface area contributed by atoms with Crippen molar-refractivity contribution in [3.63, 3.8) is 0 Å². The number of hydrogen-bond acceptors (Lipinski definition) is 2. The van der Waals surface area contributed by atoms with Gasteiger partial charge in [-0.25, -0.2) is 0 Å². The molecule has 80 valence electrons. The molecule has 1 aromatic rings. The Morgan fingerprint density at radius 3 is 2.07 bits per heavy atom. The SMILES string of the molecule is Br.Cc1c(C)c(CN)c(O)c(Cl)c1Cl. The first kappa shape index (κ1) is 14.0. The van der Waals surface area contributed by atoms with Gasteiger partial charge < -0.3 is 10.8 Å². The van der Waals surface area contributed by atoms with Crippen LogP contribution in [0.4, 0.5) is 0 Å². The molecule has 0 saturated heterocycles. The molecule has 0 aliphatic rings. The third-order valence-electron chi connectivity index (χ3n) is 2.23. The Morgan fingerprint density at radius 2 is 1.64 bits per heavy atom. The largest absolute Gasteiger partial charge is 0.506 e. The minimum atomic E-state index is -0.00253. The lowest BCUT2D eigenvalue weighted by Gasteiger charge is -2.13. The average Bonchev–Trinajstić information content (AvgIpc) is 2.13. The summed E-state index contributed by atoms with van der Waals surface area (Å²) in [6, 6.07) is 0. The Morgan fingerprint density at radius 1 is 1.14 bits per heavy atom. The van der Waals surface area contributed by atoms with Gasteiger partial charge in [0.1, 0.15) is 10.8 Å². The summed E-state index contributed by atoms with van der Waals surface area (Å²) in [5.74, 6) is -0.00253. The van der Waals surface area contributed by atoms with Crippen LogP contribution in [0, 0.1) is 13.8 Å². The van der Waals surface area contributed by atoms with E-state index in [-0.39, 0.29) is 34.3 Å². The molecule has 0 amide bonds. The molecule has 1 aromatic carbocycles. The molecular formula is C9H12BrCl2NO. The quantitative estimate of drug-likeness (QED) is 0.835. The van der Waals surface area contributed by atoms with Crippen LogP contribution in [-0.4, -0.2) is 5.11 Å². The summed E-state index contributed by atoms with van der Waals surface area (Å²) < 4.78 is 0. The summed E-state index contributed by atoms with van der Waals surface area (Å²) in [5, 5.41) is 10.2. The first-order valence-corrected chi connectivity index (χ1v) is 4.62. The molecule has 0 unspecified atom stereocenters. The molecule has 0 aromatic heterocycles. The Balaban J connectivity index is 0.00000169. The van der Waals surface area contributed by atoms with Crippen molar-refractivity contribution in [3.05, 3.63) is 26.7 Å². The van der Waals surface area contributed by atoms with E-state index in [4.69, 9.17) is 28.9 Å². The van der Waals surface area contributed by atoms with Crippen molar-refractivity contribution < 1.29 is 5.11 Å². The lowest BCUT2D eigenvalue weighted by atomic mass is 10.0. The average molecular weight is 301 g/mol. The smallest absolute Gasteiger partial charge is 0.140 e. The third-order valence-corrected chi connectivity index (χ3v) is 3.17. The van der Waals surface area contributed by atoms with Gasteiger partial charge in [0, 0.05) is 12.1 Å². The van der Waals surface area contributed by atoms with Gasteiger partial charge in [-0.2, -0.15) is 0 Å². The molecule has 0 aliphatic carbocycles. The normalized spacial score (nSPS) is 9.79. The molecule has 0 heterocycles. The third kappa shape index (κ3) is 2.16. The highest BCUT2D eigenvalue weighted by Gasteiger charge is 2.15. The fraction of sp³-hybridized carbons (Fsp3) is 0.333. The molecule has 0 spiro atoms. The van der Waals surface area contributed by atoms with Gasteiger partial charge in [-0.05, 0) is 25.0 Å². The minimum absolute atomic E-state index is 0. The second kappa shape index (κ2) is 5.21. The molecule has 1 rings (SSSR count). The van der Waals surface area contributed by atoms with Crippen LogP contribution in [-0.2, 0) is 6.54 Å². The molecule has 0 bridgehead atoms. The second-order valence-corrected chi connectivity index (χ2v) is 3.67. The van der Waals surface area contributed by atoms with Crippen LogP contribution < -0.4 is 5.73 Å². The van der Waals surface area contributed by atoms with E-state index in [1.807, 2.05) is 13.8 Å². The van der Waals surface area contributed by atoms with Crippen LogP contribution in [0.15, 0.2) is 0 Å². The van der Waals surface area contributed by atoms with Crippen molar-refractivity contribution in [2.24, 2.45) is 5.73 Å². The van der Waals surface area contributed by atoms with Gasteiger partial charge in [-0.1, -0.05) is 23.2 Å². The number of rotatable bonds is 1. The highest BCUT2D eigenvalue weighted by molar-refractivity contribution is 8.93. The Labute approximate surface area is 104 Å². The standard InChI is InChI=1S/C9H11Cl2NO.BrH/c1-4-5(2)7(10)8(11)9(13)6(4)3-12;/h13H,3,12H2,1-2H3;1H. The zero-order valence-corrected chi connectivity index (χ0v) is 11.1. The van der Waals surface area contributed by atoms with E-state index in [0.29, 0.717) is 10.6 Å². The highest BCUT2D eigenvalue weighted by Crippen LogP contribution is 2.39. The Kier molecular flexibility index (Phi) is 5.23. The van der Waals surface area contributed by atoms with Crippen molar-refractivity contribution in [1.82, 2.24) is 0 Å². The van der Waals surface area contributed by atoms with Crippen LogP contribution in [0.3, 0.4) is 0 Å². The van der Waals surface area contributed by atoms with Crippen molar-refractivity contribution in [2.75, 3.05) is 0 Å². The summed E-state index contributed by atoms with van der Waals surface area (Å²) in [4.78, 5) is 0. The number of halogens is 3. The van der Waals surface area contributed by atoms with Gasteiger partial charge in [0.25, 0.3) is 0 Å². The first-order valence-electron chi connectivity index (χ1n) is 3.86. The molecular weight excluding hydrogens is 289 g/mol. The van der Waals surface area contributed by atoms with Gasteiger partial charge in [0.2, 0.25) is 0 Å². The Bertz CT molecular complexity index is 326. The van der Waals surface area contributed by atoms with E-state index >= 15 is 0 Å². The van der Waals surface area contributed by atoms with Gasteiger partial charge in [-0.3, -0.25) is 0 Å². The number of benzene rings is 1. The van der Waals surface area contributed by atoms with Crippen LogP contribution in [0.2, 0.25) is 10.0 Å². The number of aromatic hydroxyl groups is 1. The van der Waals surface area contributed by atoms with E-state index in [9.17, 15) is 5.11 Å². The molecule has 2 nitrogen and oxygen atoms in total. The summed E-state index contributed by atoms with van der Waals surface area (Å²) in [5.41, 5.74) is 7.90. The molecule has 0 fully saturated rings. The topological polar surface area (TPSA) is 46.2 Å². The molecule has 0 aliphatic heterocycles. The van der Waals surface area contributed by atoms with E-state index in [1.165, 1.54) is 0 Å². The van der Waals surface area contributed by atoms with E-state index in [2.05, 4.69) is 0 Å². The van der Waals surface area contributed by atoms with Crippen LogP contribution in [0.5, 0.6) is 5.75 Å². The van der Waals surface area contributed by atoms with Crippen molar-refractivity contribution in [1.29, 1.82) is 0 Å². The van der Waals surface area contributed by atoms with Crippen molar-refractivity contribution >= 4 is 40.2 Å². The summed E-state index contributed by atoms with van der Waals surface area (Å²) in [6.45, 7) is 3.97. The summed E-state index contributed by atoms with van der Waals surface area (Å²) >= 11 is 11.7. The van der Waals surface area contributed by atoms with Crippen LogP contribution in [0.1, 0.15) is 16.7 Å². The van der Waals surface area contributed by atoms with Crippen molar-refractivity contribution in [3.8, 4) is 5.75 Å². The van der Waals surface area contributed by atoms with Crippen LogP contribution >= 0.6 is 40.2 Å². The fourth-order valence-corrected chi connectivity index (χ4v) is 1.71. The molecule has 14 heavy (non-hydrogen) atoms. The zero-order valence-electron chi connectivity index (χ0n) is 7.90. The van der Waals surface area contributed by atoms with E-state index < -0.39 is 0 Å². The monoisotopic (exact) mass is 299 g/mol. The molecule has 3 N–H and O–H groups in total. The molecule has 5 heteroatoms. The predicted octanol–water partition coefficient (Wildman–Crippen LogP) is 3.35. The number of phenols is 1. The number of hydrogen-bond donors (Lipinski definition) is 2. The van der Waals surface area contributed by atoms with Gasteiger partial charge >= 0.3 is 0 Å².